The third-order valence-electron chi connectivity index (χ3n) is 1.85. The van der Waals surface area contributed by atoms with Gasteiger partial charge in [-0.25, -0.2) is 4.21 Å². The molecule has 11 heavy (non-hydrogen) atoms. The second-order valence-corrected chi connectivity index (χ2v) is 4.58. The summed E-state index contributed by atoms with van der Waals surface area (Å²) >= 11 is -1.18. The van der Waals surface area contributed by atoms with Crippen LogP contribution in [0.2, 0.25) is 0 Å². The van der Waals surface area contributed by atoms with Crippen LogP contribution < -0.4 is 0 Å². The highest BCUT2D eigenvalue weighted by atomic mass is 32.2. The fraction of sp³-hybridized carbons (Fsp3) is 1.00. The average Bonchev–Trinajstić information content (AvgIpc) is 2.18. The first-order chi connectivity index (χ1) is 5.11. The summed E-state index contributed by atoms with van der Waals surface area (Å²) in [5, 5.41) is 0. The largest absolute Gasteiger partial charge is 0.276 e. The van der Waals surface area contributed by atoms with Crippen molar-refractivity contribution in [3.05, 3.63) is 0 Å². The maximum absolute atomic E-state index is 11.0. The van der Waals surface area contributed by atoms with Crippen LogP contribution in [0.5, 0.6) is 0 Å². The highest BCUT2D eigenvalue weighted by molar-refractivity contribution is 7.77. The predicted octanol–water partition coefficient (Wildman–Crippen LogP) is 0.942. The van der Waals surface area contributed by atoms with Crippen molar-refractivity contribution in [1.29, 1.82) is 0 Å². The molecule has 0 aromatic carbocycles. The molecule has 2 atom stereocenters. The SMILES string of the molecule is CC(C)C[C@H]1COS(=O)N1C. The van der Waals surface area contributed by atoms with Gasteiger partial charge in [-0.05, 0) is 12.3 Å². The Labute approximate surface area is 70.5 Å². The van der Waals surface area contributed by atoms with Gasteiger partial charge in [0, 0.05) is 13.1 Å². The van der Waals surface area contributed by atoms with Crippen molar-refractivity contribution in [1.82, 2.24) is 4.31 Å². The Morgan fingerprint density at radius 2 is 2.36 bits per heavy atom. The molecule has 0 N–H and O–H groups in total. The van der Waals surface area contributed by atoms with Gasteiger partial charge in [-0.3, -0.25) is 4.18 Å². The van der Waals surface area contributed by atoms with Gasteiger partial charge in [0.15, 0.2) is 0 Å². The lowest BCUT2D eigenvalue weighted by molar-refractivity contribution is 0.294. The van der Waals surface area contributed by atoms with Crippen molar-refractivity contribution >= 4 is 11.3 Å². The zero-order valence-corrected chi connectivity index (χ0v) is 8.06. The van der Waals surface area contributed by atoms with Crippen LogP contribution in [0, 0.1) is 5.92 Å². The Morgan fingerprint density at radius 1 is 1.73 bits per heavy atom. The highest BCUT2D eigenvalue weighted by Gasteiger charge is 2.28. The second-order valence-electron chi connectivity index (χ2n) is 3.33. The lowest BCUT2D eigenvalue weighted by Crippen LogP contribution is -2.28. The molecule has 0 spiro atoms. The van der Waals surface area contributed by atoms with E-state index in [0.717, 1.165) is 6.42 Å². The summed E-state index contributed by atoms with van der Waals surface area (Å²) in [4.78, 5) is 0. The summed E-state index contributed by atoms with van der Waals surface area (Å²) in [7, 11) is 1.84. The number of hydrogen-bond donors (Lipinski definition) is 0. The third-order valence-corrected chi connectivity index (χ3v) is 2.96. The van der Waals surface area contributed by atoms with Crippen molar-refractivity contribution in [2.75, 3.05) is 13.7 Å². The summed E-state index contributed by atoms with van der Waals surface area (Å²) < 4.78 is 17.7. The van der Waals surface area contributed by atoms with Gasteiger partial charge < -0.3 is 0 Å². The fourth-order valence-electron chi connectivity index (χ4n) is 1.21. The minimum Gasteiger partial charge on any atom is -0.276 e. The number of hydrogen-bond acceptors (Lipinski definition) is 2. The Hall–Kier alpha value is 0.0700. The lowest BCUT2D eigenvalue weighted by Gasteiger charge is -2.16. The molecule has 1 aliphatic rings. The molecule has 0 aromatic heterocycles. The van der Waals surface area contributed by atoms with E-state index in [-0.39, 0.29) is 0 Å². The molecule has 1 unspecified atom stereocenters. The van der Waals surface area contributed by atoms with Crippen molar-refractivity contribution in [2.45, 2.75) is 26.3 Å². The van der Waals surface area contributed by atoms with Crippen LogP contribution in [0.25, 0.3) is 0 Å². The fourth-order valence-corrected chi connectivity index (χ4v) is 2.04. The topological polar surface area (TPSA) is 29.5 Å². The van der Waals surface area contributed by atoms with Crippen LogP contribution >= 0.6 is 0 Å². The summed E-state index contributed by atoms with van der Waals surface area (Å²) in [6.07, 6.45) is 1.06. The molecule has 1 fully saturated rings. The quantitative estimate of drug-likeness (QED) is 0.628. The molecule has 1 saturated heterocycles. The molecular formula is C7H15NO2S. The number of rotatable bonds is 2. The van der Waals surface area contributed by atoms with Crippen LogP contribution in [0.3, 0.4) is 0 Å². The molecule has 0 radical (unpaired) electrons. The minimum atomic E-state index is -1.18. The number of nitrogens with zero attached hydrogens (tertiary/aromatic N) is 1. The third kappa shape index (κ3) is 2.25. The molecule has 0 amide bonds. The maximum Gasteiger partial charge on any atom is 0.237 e. The molecule has 1 rings (SSSR count). The van der Waals surface area contributed by atoms with Crippen molar-refractivity contribution in [3.8, 4) is 0 Å². The second kappa shape index (κ2) is 3.65. The highest BCUT2D eigenvalue weighted by Crippen LogP contribution is 2.18. The van der Waals surface area contributed by atoms with Crippen LogP contribution in [0.4, 0.5) is 0 Å². The number of likely N-dealkylation sites (N-methyl/N-ethyl adjacent to an activating group) is 1. The van der Waals surface area contributed by atoms with E-state index in [1.807, 2.05) is 7.05 Å². The first-order valence-electron chi connectivity index (χ1n) is 3.89. The van der Waals surface area contributed by atoms with E-state index in [9.17, 15) is 4.21 Å². The smallest absolute Gasteiger partial charge is 0.237 e. The van der Waals surface area contributed by atoms with Crippen molar-refractivity contribution in [3.63, 3.8) is 0 Å². The van der Waals surface area contributed by atoms with Crippen LogP contribution in [-0.4, -0.2) is 28.2 Å². The zero-order chi connectivity index (χ0) is 8.43. The van der Waals surface area contributed by atoms with Crippen LogP contribution in [-0.2, 0) is 15.4 Å². The minimum absolute atomic E-state index is 0.343. The molecule has 3 nitrogen and oxygen atoms in total. The molecule has 0 aromatic rings. The first-order valence-corrected chi connectivity index (χ1v) is 4.92. The predicted molar refractivity (Wildman–Crippen MR) is 45.1 cm³/mol. The summed E-state index contributed by atoms with van der Waals surface area (Å²) in [6.45, 7) is 4.94. The van der Waals surface area contributed by atoms with E-state index in [0.29, 0.717) is 18.6 Å². The van der Waals surface area contributed by atoms with E-state index in [2.05, 4.69) is 13.8 Å². The monoisotopic (exact) mass is 177 g/mol. The zero-order valence-electron chi connectivity index (χ0n) is 7.24. The van der Waals surface area contributed by atoms with Gasteiger partial charge in [0.05, 0.1) is 6.61 Å². The Kier molecular flexibility index (Phi) is 3.04. The molecule has 0 bridgehead atoms. The van der Waals surface area contributed by atoms with Gasteiger partial charge in [-0.2, -0.15) is 4.31 Å². The molecule has 66 valence electrons. The van der Waals surface area contributed by atoms with Crippen LogP contribution in [0.1, 0.15) is 20.3 Å². The van der Waals surface area contributed by atoms with E-state index in [4.69, 9.17) is 4.18 Å². The van der Waals surface area contributed by atoms with E-state index < -0.39 is 11.3 Å². The van der Waals surface area contributed by atoms with Gasteiger partial charge >= 0.3 is 0 Å². The molecule has 1 heterocycles. The molecule has 1 aliphatic heterocycles. The standard InChI is InChI=1S/C7H15NO2S/c1-6(2)4-7-5-10-11(9)8(7)3/h6-7H,4-5H2,1-3H3/t7-,11?/m0/s1. The summed E-state index contributed by atoms with van der Waals surface area (Å²) in [5.74, 6) is 0.640. The molecular weight excluding hydrogens is 162 g/mol. The van der Waals surface area contributed by atoms with Gasteiger partial charge in [-0.15, -0.1) is 0 Å². The molecule has 0 saturated carbocycles. The van der Waals surface area contributed by atoms with Crippen LogP contribution in [0.15, 0.2) is 0 Å². The van der Waals surface area contributed by atoms with Gasteiger partial charge in [0.1, 0.15) is 0 Å². The average molecular weight is 177 g/mol. The normalized spacial score (nSPS) is 33.5. The Balaban J connectivity index is 2.42. The van der Waals surface area contributed by atoms with Crippen molar-refractivity contribution in [2.24, 2.45) is 5.92 Å². The Morgan fingerprint density at radius 3 is 2.73 bits per heavy atom. The van der Waals surface area contributed by atoms with Crippen molar-refractivity contribution < 1.29 is 8.39 Å². The first kappa shape index (κ1) is 9.16. The lowest BCUT2D eigenvalue weighted by atomic mass is 10.1. The summed E-state index contributed by atoms with van der Waals surface area (Å²) in [5.41, 5.74) is 0. The Bertz CT molecular complexity index is 161. The molecule has 4 heteroatoms. The van der Waals surface area contributed by atoms with Gasteiger partial charge in [0.25, 0.3) is 0 Å². The van der Waals surface area contributed by atoms with Gasteiger partial charge in [-0.1, -0.05) is 13.8 Å². The summed E-state index contributed by atoms with van der Waals surface area (Å²) in [6, 6.07) is 0.343. The molecule has 0 aliphatic carbocycles. The maximum atomic E-state index is 11.0. The van der Waals surface area contributed by atoms with E-state index in [1.165, 1.54) is 0 Å². The van der Waals surface area contributed by atoms with E-state index in [1.54, 1.807) is 4.31 Å². The van der Waals surface area contributed by atoms with Gasteiger partial charge in [0.2, 0.25) is 11.3 Å². The van der Waals surface area contributed by atoms with E-state index >= 15 is 0 Å².